The Morgan fingerprint density at radius 1 is 1.25 bits per heavy atom. The van der Waals surface area contributed by atoms with E-state index in [4.69, 9.17) is 11.6 Å². The molecule has 0 saturated heterocycles. The molecule has 1 atom stereocenters. The van der Waals surface area contributed by atoms with Crippen molar-refractivity contribution in [1.29, 1.82) is 5.26 Å². The van der Waals surface area contributed by atoms with E-state index in [9.17, 15) is 20.2 Å². The van der Waals surface area contributed by atoms with Crippen molar-refractivity contribution in [3.63, 3.8) is 0 Å². The molecule has 3 rings (SSSR count). The molecule has 1 unspecified atom stereocenters. The average molecular weight is 398 g/mol. The van der Waals surface area contributed by atoms with Crippen LogP contribution in [0.1, 0.15) is 43.4 Å². The van der Waals surface area contributed by atoms with Crippen molar-refractivity contribution < 1.29 is 9.72 Å². The Labute approximate surface area is 168 Å². The summed E-state index contributed by atoms with van der Waals surface area (Å²) >= 11 is 5.75. The van der Waals surface area contributed by atoms with Gasteiger partial charge in [0.25, 0.3) is 11.6 Å². The Hall–Kier alpha value is -3.17. The average Bonchev–Trinajstić information content (AvgIpc) is 3.57. The zero-order chi connectivity index (χ0) is 20.5. The maximum absolute atomic E-state index is 12.3. The molecule has 2 aromatic carbocycles. The first kappa shape index (κ1) is 21.1. The highest BCUT2D eigenvalue weighted by Crippen LogP contribution is 2.26. The van der Waals surface area contributed by atoms with E-state index in [0.29, 0.717) is 5.56 Å². The van der Waals surface area contributed by atoms with Crippen LogP contribution in [0.25, 0.3) is 6.08 Å². The van der Waals surface area contributed by atoms with Gasteiger partial charge in [0.05, 0.1) is 11.0 Å². The van der Waals surface area contributed by atoms with Gasteiger partial charge in [-0.2, -0.15) is 5.26 Å². The molecule has 0 spiro atoms. The van der Waals surface area contributed by atoms with Crippen molar-refractivity contribution in [2.24, 2.45) is 0 Å². The van der Waals surface area contributed by atoms with Gasteiger partial charge in [-0.1, -0.05) is 67.3 Å². The maximum atomic E-state index is 12.3. The van der Waals surface area contributed by atoms with Crippen LogP contribution in [0.3, 0.4) is 0 Å². The van der Waals surface area contributed by atoms with E-state index in [1.54, 1.807) is 6.92 Å². The molecule has 0 radical (unpaired) electrons. The molecule has 1 saturated carbocycles. The lowest BCUT2D eigenvalue weighted by atomic mass is 10.1. The molecule has 1 fully saturated rings. The van der Waals surface area contributed by atoms with Gasteiger partial charge in [-0.3, -0.25) is 14.9 Å². The van der Waals surface area contributed by atoms with Crippen LogP contribution in [0.4, 0.5) is 5.69 Å². The number of nitrogens with zero attached hydrogens (tertiary/aromatic N) is 2. The Morgan fingerprint density at radius 2 is 1.89 bits per heavy atom. The summed E-state index contributed by atoms with van der Waals surface area (Å²) in [4.78, 5) is 22.6. The normalized spacial score (nSPS) is 13.4. The van der Waals surface area contributed by atoms with E-state index >= 15 is 0 Å². The van der Waals surface area contributed by atoms with E-state index in [1.807, 2.05) is 36.4 Å². The van der Waals surface area contributed by atoms with Crippen LogP contribution < -0.4 is 5.32 Å². The van der Waals surface area contributed by atoms with Gasteiger partial charge in [-0.15, -0.1) is 0 Å². The van der Waals surface area contributed by atoms with Crippen molar-refractivity contribution in [3.8, 4) is 6.07 Å². The fourth-order valence-corrected chi connectivity index (χ4v) is 2.36. The van der Waals surface area contributed by atoms with E-state index < -0.39 is 10.8 Å². The number of hydrogen-bond acceptors (Lipinski definition) is 4. The fourth-order valence-electron chi connectivity index (χ4n) is 2.17. The lowest BCUT2D eigenvalue weighted by Crippen LogP contribution is -2.27. The number of amides is 1. The molecule has 144 valence electrons. The van der Waals surface area contributed by atoms with Crippen molar-refractivity contribution >= 4 is 29.3 Å². The molecule has 1 N–H and O–H groups in total. The minimum atomic E-state index is -0.622. The molecule has 0 aliphatic heterocycles. The largest absolute Gasteiger partial charge is 0.345 e. The SMILES string of the molecule is C1CC1.CC(NC(=O)/C(C#N)=C/c1ccc(Cl)c([N+](=O)[O-])c1)c1ccccc1. The number of carbonyl (C=O) groups excluding carboxylic acids is 1. The first-order valence-electron chi connectivity index (χ1n) is 8.84. The first-order chi connectivity index (χ1) is 13.4. The zero-order valence-corrected chi connectivity index (χ0v) is 16.1. The highest BCUT2D eigenvalue weighted by molar-refractivity contribution is 6.32. The lowest BCUT2D eigenvalue weighted by Gasteiger charge is -2.13. The number of benzene rings is 2. The summed E-state index contributed by atoms with van der Waals surface area (Å²) in [6.45, 7) is 1.80. The van der Waals surface area contributed by atoms with Crippen molar-refractivity contribution in [1.82, 2.24) is 5.32 Å². The maximum Gasteiger partial charge on any atom is 0.288 e. The van der Waals surface area contributed by atoms with E-state index in [0.717, 1.165) is 5.56 Å². The third-order valence-electron chi connectivity index (χ3n) is 3.84. The van der Waals surface area contributed by atoms with E-state index in [2.05, 4.69) is 5.32 Å². The number of rotatable bonds is 5. The summed E-state index contributed by atoms with van der Waals surface area (Å²) in [5, 5.41) is 22.9. The summed E-state index contributed by atoms with van der Waals surface area (Å²) in [7, 11) is 0. The van der Waals surface area contributed by atoms with Gasteiger partial charge in [-0.05, 0) is 30.2 Å². The Balaban J connectivity index is 0.000000849. The minimum Gasteiger partial charge on any atom is -0.345 e. The second kappa shape index (κ2) is 10.2. The molecule has 0 aromatic heterocycles. The summed E-state index contributed by atoms with van der Waals surface area (Å²) in [5.74, 6) is -0.559. The number of nitro benzene ring substituents is 1. The van der Waals surface area contributed by atoms with Crippen LogP contribution in [0.2, 0.25) is 5.02 Å². The highest BCUT2D eigenvalue weighted by Gasteiger charge is 2.16. The van der Waals surface area contributed by atoms with Gasteiger partial charge in [-0.25, -0.2) is 0 Å². The third-order valence-corrected chi connectivity index (χ3v) is 4.16. The predicted octanol–water partition coefficient (Wildman–Crippen LogP) is 5.20. The van der Waals surface area contributed by atoms with Gasteiger partial charge in [0.1, 0.15) is 16.7 Å². The molecular weight excluding hydrogens is 378 g/mol. The molecule has 0 heterocycles. The van der Waals surface area contributed by atoms with Crippen LogP contribution >= 0.6 is 11.6 Å². The molecule has 0 bridgehead atoms. The van der Waals surface area contributed by atoms with Crippen molar-refractivity contribution in [2.75, 3.05) is 0 Å². The smallest absolute Gasteiger partial charge is 0.288 e. The molecule has 6 nitrogen and oxygen atoms in total. The van der Waals surface area contributed by atoms with E-state index in [1.165, 1.54) is 43.5 Å². The Bertz CT molecular complexity index is 915. The summed E-state index contributed by atoms with van der Waals surface area (Å²) < 4.78 is 0. The summed E-state index contributed by atoms with van der Waals surface area (Å²) in [6, 6.07) is 14.9. The molecule has 2 aromatic rings. The van der Waals surface area contributed by atoms with Crippen LogP contribution in [0.5, 0.6) is 0 Å². The van der Waals surface area contributed by atoms with Crippen molar-refractivity contribution in [2.45, 2.75) is 32.2 Å². The van der Waals surface area contributed by atoms with E-state index in [-0.39, 0.29) is 22.3 Å². The second-order valence-corrected chi connectivity index (χ2v) is 6.71. The molecule has 28 heavy (non-hydrogen) atoms. The van der Waals surface area contributed by atoms with Crippen LogP contribution in [0.15, 0.2) is 54.1 Å². The second-order valence-electron chi connectivity index (χ2n) is 6.30. The number of halogens is 1. The van der Waals surface area contributed by atoms with Crippen LogP contribution in [-0.4, -0.2) is 10.8 Å². The number of nitro groups is 1. The van der Waals surface area contributed by atoms with Crippen LogP contribution in [-0.2, 0) is 4.79 Å². The van der Waals surface area contributed by atoms with Crippen molar-refractivity contribution in [3.05, 3.63) is 80.4 Å². The quantitative estimate of drug-likeness (QED) is 0.324. The van der Waals surface area contributed by atoms with Gasteiger partial charge in [0, 0.05) is 6.07 Å². The van der Waals surface area contributed by atoms with Gasteiger partial charge >= 0.3 is 0 Å². The fraction of sp³-hybridized carbons (Fsp3) is 0.238. The topological polar surface area (TPSA) is 96.0 Å². The molecule has 1 amide bonds. The Kier molecular flexibility index (Phi) is 7.73. The molecule has 1 aliphatic carbocycles. The molecule has 1 aliphatic rings. The Morgan fingerprint density at radius 3 is 2.43 bits per heavy atom. The molecule has 7 heteroatoms. The third kappa shape index (κ3) is 6.53. The van der Waals surface area contributed by atoms with Gasteiger partial charge in [0.15, 0.2) is 0 Å². The zero-order valence-electron chi connectivity index (χ0n) is 15.4. The highest BCUT2D eigenvalue weighted by atomic mass is 35.5. The monoisotopic (exact) mass is 397 g/mol. The lowest BCUT2D eigenvalue weighted by molar-refractivity contribution is -0.384. The van der Waals surface area contributed by atoms with Gasteiger partial charge < -0.3 is 5.32 Å². The number of nitriles is 1. The standard InChI is InChI=1S/C18H14ClN3O3.C3H6/c1-12(14-5-3-2-4-6-14)21-18(23)15(11-20)9-13-7-8-16(19)17(10-13)22(24)25;1-2-3-1/h2-10,12H,1H3,(H,21,23);1-3H2/b15-9+;. The van der Waals surface area contributed by atoms with Crippen LogP contribution in [0, 0.1) is 21.4 Å². The predicted molar refractivity (Wildman–Crippen MR) is 109 cm³/mol. The number of carbonyl (C=O) groups is 1. The minimum absolute atomic E-state index is 0.0113. The number of hydrogen-bond donors (Lipinski definition) is 1. The number of nitrogens with one attached hydrogen (secondary N) is 1. The molecular formula is C21H20ClN3O3. The summed E-state index contributed by atoms with van der Waals surface area (Å²) in [6.07, 6.45) is 5.79. The first-order valence-corrected chi connectivity index (χ1v) is 9.21. The van der Waals surface area contributed by atoms with Gasteiger partial charge in [0.2, 0.25) is 0 Å². The summed E-state index contributed by atoms with van der Waals surface area (Å²) in [5.41, 5.74) is 0.801.